The fourth-order valence-electron chi connectivity index (χ4n) is 3.34. The largest absolute Gasteiger partial charge is 0.311 e. The van der Waals surface area contributed by atoms with Gasteiger partial charge >= 0.3 is 0 Å². The highest BCUT2D eigenvalue weighted by Crippen LogP contribution is 2.36. The average molecular weight is 455 g/mol. The number of nitrogens with zero attached hydrogens (tertiary/aromatic N) is 2. The topological polar surface area (TPSA) is 66.4 Å². The first-order valence-electron chi connectivity index (χ1n) is 9.96. The van der Waals surface area contributed by atoms with Gasteiger partial charge in [0.05, 0.1) is 11.1 Å². The zero-order valence-electron chi connectivity index (χ0n) is 16.9. The maximum atomic E-state index is 12.6. The first kappa shape index (κ1) is 20.1. The number of fused-ring (bicyclic) bond motifs is 1. The molecule has 0 unspecified atom stereocenters. The highest BCUT2D eigenvalue weighted by molar-refractivity contribution is 7.20. The second-order valence-electron chi connectivity index (χ2n) is 6.93. The molecule has 0 saturated heterocycles. The lowest BCUT2D eigenvalue weighted by Gasteiger charge is -2.03. The van der Waals surface area contributed by atoms with Gasteiger partial charge in [0.25, 0.3) is 5.91 Å². The van der Waals surface area contributed by atoms with Gasteiger partial charge in [0, 0.05) is 11.1 Å². The predicted molar refractivity (Wildman–Crippen MR) is 135 cm³/mol. The van der Waals surface area contributed by atoms with Gasteiger partial charge in [0.1, 0.15) is 10.7 Å². The number of carbonyl (C=O) groups excluding carboxylic acids is 1. The summed E-state index contributed by atoms with van der Waals surface area (Å²) >= 11 is 2.76. The molecule has 32 heavy (non-hydrogen) atoms. The van der Waals surface area contributed by atoms with Crippen LogP contribution in [0.2, 0.25) is 0 Å². The Labute approximate surface area is 193 Å². The third kappa shape index (κ3) is 4.30. The molecule has 0 fully saturated rings. The molecule has 0 aliphatic carbocycles. The van der Waals surface area contributed by atoms with Gasteiger partial charge in [-0.15, -0.1) is 11.3 Å². The summed E-state index contributed by atoms with van der Waals surface area (Å²) in [6.45, 7) is 0. The Bertz CT molecular complexity index is 1390. The van der Waals surface area contributed by atoms with Gasteiger partial charge in [0.2, 0.25) is 5.13 Å². The monoisotopic (exact) mass is 454 g/mol. The molecule has 2 aromatic heterocycles. The summed E-state index contributed by atoms with van der Waals surface area (Å²) in [4.78, 5) is 18.0. The summed E-state index contributed by atoms with van der Waals surface area (Å²) < 4.78 is 0. The van der Waals surface area contributed by atoms with Crippen molar-refractivity contribution in [3.05, 3.63) is 101 Å². The highest BCUT2D eigenvalue weighted by Gasteiger charge is 2.16. The van der Waals surface area contributed by atoms with E-state index in [2.05, 4.69) is 34.0 Å². The van der Waals surface area contributed by atoms with E-state index in [1.165, 1.54) is 22.7 Å². The number of hydrogen-bond acceptors (Lipinski definition) is 6. The van der Waals surface area contributed by atoms with E-state index in [0.717, 1.165) is 21.9 Å². The van der Waals surface area contributed by atoms with Crippen molar-refractivity contribution < 1.29 is 4.79 Å². The Morgan fingerprint density at radius 2 is 1.72 bits per heavy atom. The fraction of sp³-hybridized carbons (Fsp3) is 0. The molecule has 5 aromatic rings. The maximum absolute atomic E-state index is 12.6. The molecule has 3 aromatic carbocycles. The van der Waals surface area contributed by atoms with Gasteiger partial charge in [-0.05, 0) is 22.2 Å². The maximum Gasteiger partial charge on any atom is 0.266 e. The van der Waals surface area contributed by atoms with E-state index in [4.69, 9.17) is 4.98 Å². The van der Waals surface area contributed by atoms with Crippen LogP contribution in [-0.4, -0.2) is 17.1 Å². The molecular weight excluding hydrogens is 436 g/mol. The lowest BCUT2D eigenvalue weighted by Crippen LogP contribution is -2.09. The number of rotatable bonds is 6. The molecule has 0 atom stereocenters. The molecule has 7 heteroatoms. The molecule has 0 aliphatic heterocycles. The van der Waals surface area contributed by atoms with E-state index in [1.807, 2.05) is 66.0 Å². The normalized spacial score (nSPS) is 11.1. The highest BCUT2D eigenvalue weighted by atomic mass is 32.1. The van der Waals surface area contributed by atoms with E-state index in [-0.39, 0.29) is 5.91 Å². The van der Waals surface area contributed by atoms with Crippen molar-refractivity contribution in [2.24, 2.45) is 5.10 Å². The minimum Gasteiger partial charge on any atom is -0.311 e. The van der Waals surface area contributed by atoms with E-state index >= 15 is 0 Å². The van der Waals surface area contributed by atoms with Crippen LogP contribution in [0.15, 0.2) is 95.4 Å². The van der Waals surface area contributed by atoms with Crippen LogP contribution in [0.25, 0.3) is 22.0 Å². The Hall–Kier alpha value is -3.81. The van der Waals surface area contributed by atoms with Crippen LogP contribution in [0.4, 0.5) is 10.1 Å². The van der Waals surface area contributed by atoms with Crippen molar-refractivity contribution in [2.45, 2.75) is 0 Å². The van der Waals surface area contributed by atoms with E-state index in [0.29, 0.717) is 20.7 Å². The first-order valence-corrected chi connectivity index (χ1v) is 11.7. The zero-order chi connectivity index (χ0) is 21.8. The Morgan fingerprint density at radius 3 is 2.56 bits per heavy atom. The summed E-state index contributed by atoms with van der Waals surface area (Å²) in [5.74, 6) is -0.147. The molecule has 1 amide bonds. The number of aromatic nitrogens is 1. The molecule has 0 aliphatic rings. The average Bonchev–Trinajstić information content (AvgIpc) is 3.50. The first-order chi connectivity index (χ1) is 15.8. The molecule has 2 N–H and O–H groups in total. The molecule has 2 heterocycles. The van der Waals surface area contributed by atoms with Gasteiger partial charge in [0.15, 0.2) is 0 Å². The van der Waals surface area contributed by atoms with Crippen molar-refractivity contribution in [3.8, 4) is 11.3 Å². The molecular formula is C25H18N4OS2. The van der Waals surface area contributed by atoms with Gasteiger partial charge in [-0.2, -0.15) is 5.10 Å². The van der Waals surface area contributed by atoms with Crippen LogP contribution in [-0.2, 0) is 0 Å². The van der Waals surface area contributed by atoms with E-state index in [1.54, 1.807) is 12.3 Å². The molecule has 5 rings (SSSR count). The van der Waals surface area contributed by atoms with Gasteiger partial charge in [-0.1, -0.05) is 90.2 Å². The van der Waals surface area contributed by atoms with Crippen molar-refractivity contribution in [1.82, 2.24) is 4.98 Å². The van der Waals surface area contributed by atoms with Crippen molar-refractivity contribution >= 4 is 55.7 Å². The van der Waals surface area contributed by atoms with Crippen molar-refractivity contribution in [3.63, 3.8) is 0 Å². The Balaban J connectivity index is 1.42. The van der Waals surface area contributed by atoms with Gasteiger partial charge in [-0.25, -0.2) is 4.98 Å². The number of anilines is 2. The molecule has 156 valence electrons. The van der Waals surface area contributed by atoms with Gasteiger partial charge < -0.3 is 5.32 Å². The second-order valence-corrected chi connectivity index (χ2v) is 8.88. The number of thiazole rings is 1. The van der Waals surface area contributed by atoms with Crippen molar-refractivity contribution in [1.29, 1.82) is 0 Å². The third-order valence-electron chi connectivity index (χ3n) is 4.83. The number of carbonyl (C=O) groups is 1. The fourth-order valence-corrected chi connectivity index (χ4v) is 4.79. The number of benzene rings is 3. The second kappa shape index (κ2) is 9.13. The minimum atomic E-state index is -0.147. The SMILES string of the molecule is O=C(Nc1sc(NN=Cc2cccc3ccccc23)nc1-c1ccccc1)c1cccs1. The Morgan fingerprint density at radius 1 is 0.906 bits per heavy atom. The number of hydrogen-bond donors (Lipinski definition) is 2. The molecule has 0 radical (unpaired) electrons. The quantitative estimate of drug-likeness (QED) is 0.221. The van der Waals surface area contributed by atoms with Crippen LogP contribution < -0.4 is 10.7 Å². The molecule has 0 spiro atoms. The number of thiophene rings is 1. The van der Waals surface area contributed by atoms with Crippen LogP contribution in [0, 0.1) is 0 Å². The number of nitrogens with one attached hydrogen (secondary N) is 2. The van der Waals surface area contributed by atoms with Crippen LogP contribution >= 0.6 is 22.7 Å². The summed E-state index contributed by atoms with van der Waals surface area (Å²) in [6, 6.07) is 27.8. The van der Waals surface area contributed by atoms with Crippen molar-refractivity contribution in [2.75, 3.05) is 10.7 Å². The third-order valence-corrected chi connectivity index (χ3v) is 6.58. The van der Waals surface area contributed by atoms with Crippen LogP contribution in [0.1, 0.15) is 15.2 Å². The molecule has 0 bridgehead atoms. The summed E-state index contributed by atoms with van der Waals surface area (Å²) in [5, 5.41) is 12.9. The lowest BCUT2D eigenvalue weighted by molar-refractivity contribution is 0.103. The smallest absolute Gasteiger partial charge is 0.266 e. The van der Waals surface area contributed by atoms with Gasteiger partial charge in [-0.3, -0.25) is 10.2 Å². The zero-order valence-corrected chi connectivity index (χ0v) is 18.5. The summed E-state index contributed by atoms with van der Waals surface area (Å²) in [5.41, 5.74) is 5.68. The Kier molecular flexibility index (Phi) is 5.74. The van der Waals surface area contributed by atoms with E-state index < -0.39 is 0 Å². The lowest BCUT2D eigenvalue weighted by atomic mass is 10.1. The van der Waals surface area contributed by atoms with Crippen LogP contribution in [0.5, 0.6) is 0 Å². The minimum absolute atomic E-state index is 0.147. The van der Waals surface area contributed by atoms with Crippen LogP contribution in [0.3, 0.4) is 0 Å². The molecule has 0 saturated carbocycles. The summed E-state index contributed by atoms with van der Waals surface area (Å²) in [7, 11) is 0. The molecule has 5 nitrogen and oxygen atoms in total. The van der Waals surface area contributed by atoms with E-state index in [9.17, 15) is 4.79 Å². The standard InChI is InChI=1S/C25H18N4OS2/c30-23(21-14-7-15-31-21)28-24-22(18-9-2-1-3-10-18)27-25(32-24)29-26-16-19-12-6-11-17-8-4-5-13-20(17)19/h1-16H,(H,27,29)(H,28,30). The number of amides is 1. The summed E-state index contributed by atoms with van der Waals surface area (Å²) in [6.07, 6.45) is 1.79. The number of hydrazone groups is 1. The predicted octanol–water partition coefficient (Wildman–Crippen LogP) is 6.72.